The van der Waals surface area contributed by atoms with E-state index in [2.05, 4.69) is 18.7 Å². The second-order valence-electron chi connectivity index (χ2n) is 4.09. The van der Waals surface area contributed by atoms with Crippen molar-refractivity contribution in [2.45, 2.75) is 20.3 Å². The fraction of sp³-hybridized carbons (Fsp3) is 0.909. The molecular weight excluding hydrogens is 212 g/mol. The minimum Gasteiger partial charge on any atom is -0.341 e. The Bertz CT molecular complexity index is 207. The molecule has 1 aliphatic heterocycles. The van der Waals surface area contributed by atoms with Gasteiger partial charge < -0.3 is 9.80 Å². The molecule has 88 valence electrons. The van der Waals surface area contributed by atoms with Crippen LogP contribution in [0, 0.1) is 5.92 Å². The molecule has 15 heavy (non-hydrogen) atoms. The van der Waals surface area contributed by atoms with Gasteiger partial charge in [-0.25, -0.2) is 0 Å². The number of rotatable bonds is 6. The molecule has 1 heterocycles. The van der Waals surface area contributed by atoms with Gasteiger partial charge in [-0.15, -0.1) is 11.6 Å². The van der Waals surface area contributed by atoms with Crippen LogP contribution in [-0.2, 0) is 4.79 Å². The van der Waals surface area contributed by atoms with Gasteiger partial charge in [-0.2, -0.15) is 0 Å². The number of likely N-dealkylation sites (N-methyl/N-ethyl adjacent to an activating group) is 1. The first-order chi connectivity index (χ1) is 7.21. The minimum absolute atomic E-state index is 0.271. The zero-order valence-electron chi connectivity index (χ0n) is 9.71. The van der Waals surface area contributed by atoms with E-state index in [0.717, 1.165) is 32.7 Å². The number of hydrogen-bond donors (Lipinski definition) is 0. The van der Waals surface area contributed by atoms with Crippen molar-refractivity contribution in [1.29, 1.82) is 0 Å². The number of likely N-dealkylation sites (tertiary alicyclic amines) is 1. The Balaban J connectivity index is 2.30. The molecule has 1 saturated heterocycles. The maximum absolute atomic E-state index is 11.6. The summed E-state index contributed by atoms with van der Waals surface area (Å²) in [5, 5.41) is 0. The molecule has 0 aromatic rings. The van der Waals surface area contributed by atoms with Crippen LogP contribution in [0.1, 0.15) is 20.3 Å². The monoisotopic (exact) mass is 232 g/mol. The van der Waals surface area contributed by atoms with Crippen LogP contribution in [0.4, 0.5) is 0 Å². The first-order valence-corrected chi connectivity index (χ1v) is 6.30. The number of halogens is 1. The number of carbonyl (C=O) groups is 1. The third-order valence-electron chi connectivity index (χ3n) is 3.09. The van der Waals surface area contributed by atoms with Crippen molar-refractivity contribution in [3.8, 4) is 0 Å². The van der Waals surface area contributed by atoms with Crippen LogP contribution in [0.25, 0.3) is 0 Å². The van der Waals surface area contributed by atoms with Gasteiger partial charge in [-0.05, 0) is 19.0 Å². The first-order valence-electron chi connectivity index (χ1n) is 5.77. The van der Waals surface area contributed by atoms with E-state index in [1.165, 1.54) is 0 Å². The molecule has 0 aliphatic carbocycles. The van der Waals surface area contributed by atoms with Gasteiger partial charge in [-0.1, -0.05) is 13.8 Å². The Morgan fingerprint density at radius 3 is 2.60 bits per heavy atom. The molecule has 1 fully saturated rings. The topological polar surface area (TPSA) is 23.6 Å². The minimum atomic E-state index is 0.271. The fourth-order valence-electron chi connectivity index (χ4n) is 1.98. The highest BCUT2D eigenvalue weighted by Gasteiger charge is 2.28. The standard InChI is InChI=1S/C11H21ClN2O/c1-3-13(4-2)5-6-14-9-10(8-12)7-11(14)15/h10H,3-9H2,1-2H3. The Morgan fingerprint density at radius 2 is 2.13 bits per heavy atom. The number of hydrogen-bond acceptors (Lipinski definition) is 2. The molecule has 0 aromatic carbocycles. The van der Waals surface area contributed by atoms with Crippen LogP contribution in [0.5, 0.6) is 0 Å². The van der Waals surface area contributed by atoms with Gasteiger partial charge in [0.15, 0.2) is 0 Å². The summed E-state index contributed by atoms with van der Waals surface area (Å²) in [5.74, 6) is 1.25. The lowest BCUT2D eigenvalue weighted by Gasteiger charge is -2.22. The average molecular weight is 233 g/mol. The summed E-state index contributed by atoms with van der Waals surface area (Å²) in [5.41, 5.74) is 0. The highest BCUT2D eigenvalue weighted by Crippen LogP contribution is 2.18. The summed E-state index contributed by atoms with van der Waals surface area (Å²) in [6.07, 6.45) is 0.641. The third-order valence-corrected chi connectivity index (χ3v) is 3.53. The highest BCUT2D eigenvalue weighted by atomic mass is 35.5. The van der Waals surface area contributed by atoms with Crippen molar-refractivity contribution in [2.75, 3.05) is 38.6 Å². The molecule has 1 unspecified atom stereocenters. The molecule has 1 rings (SSSR count). The van der Waals surface area contributed by atoms with E-state index >= 15 is 0 Å². The van der Waals surface area contributed by atoms with E-state index in [4.69, 9.17) is 11.6 Å². The zero-order chi connectivity index (χ0) is 11.3. The molecular formula is C11H21ClN2O. The molecule has 0 spiro atoms. The zero-order valence-corrected chi connectivity index (χ0v) is 10.5. The Kier molecular flexibility index (Phi) is 5.40. The lowest BCUT2D eigenvalue weighted by molar-refractivity contribution is -0.127. The molecule has 3 nitrogen and oxygen atoms in total. The van der Waals surface area contributed by atoms with Crippen molar-refractivity contribution >= 4 is 17.5 Å². The molecule has 1 amide bonds. The van der Waals surface area contributed by atoms with Crippen LogP contribution in [-0.4, -0.2) is 54.3 Å². The average Bonchev–Trinajstić information content (AvgIpc) is 2.61. The van der Waals surface area contributed by atoms with Crippen LogP contribution in [0.2, 0.25) is 0 Å². The predicted molar refractivity (Wildman–Crippen MR) is 63.2 cm³/mol. The van der Waals surface area contributed by atoms with Crippen molar-refractivity contribution < 1.29 is 4.79 Å². The first kappa shape index (κ1) is 12.8. The molecule has 4 heteroatoms. The van der Waals surface area contributed by atoms with E-state index < -0.39 is 0 Å². The third kappa shape index (κ3) is 3.65. The number of nitrogens with zero attached hydrogens (tertiary/aromatic N) is 2. The van der Waals surface area contributed by atoms with Gasteiger partial charge in [-0.3, -0.25) is 4.79 Å². The molecule has 0 bridgehead atoms. The van der Waals surface area contributed by atoms with Crippen LogP contribution in [0.3, 0.4) is 0 Å². The van der Waals surface area contributed by atoms with E-state index in [-0.39, 0.29) is 5.91 Å². The fourth-order valence-corrected chi connectivity index (χ4v) is 2.18. The van der Waals surface area contributed by atoms with E-state index in [9.17, 15) is 4.79 Å². The second-order valence-corrected chi connectivity index (χ2v) is 4.40. The van der Waals surface area contributed by atoms with Gasteiger partial charge in [0, 0.05) is 31.9 Å². The van der Waals surface area contributed by atoms with Crippen LogP contribution < -0.4 is 0 Å². The van der Waals surface area contributed by atoms with Gasteiger partial charge in [0.25, 0.3) is 0 Å². The quantitative estimate of drug-likeness (QED) is 0.647. The summed E-state index contributed by atoms with van der Waals surface area (Å²) in [7, 11) is 0. The second kappa shape index (κ2) is 6.33. The summed E-state index contributed by atoms with van der Waals surface area (Å²) in [4.78, 5) is 15.9. The van der Waals surface area contributed by atoms with Crippen LogP contribution >= 0.6 is 11.6 Å². The van der Waals surface area contributed by atoms with Crippen molar-refractivity contribution in [2.24, 2.45) is 5.92 Å². The summed E-state index contributed by atoms with van der Waals surface area (Å²) >= 11 is 5.77. The van der Waals surface area contributed by atoms with Crippen molar-refractivity contribution in [3.63, 3.8) is 0 Å². The maximum atomic E-state index is 11.6. The van der Waals surface area contributed by atoms with Gasteiger partial charge in [0.05, 0.1) is 0 Å². The smallest absolute Gasteiger partial charge is 0.223 e. The molecule has 0 aromatic heterocycles. The molecule has 1 atom stereocenters. The van der Waals surface area contributed by atoms with E-state index in [1.54, 1.807) is 0 Å². The van der Waals surface area contributed by atoms with Gasteiger partial charge in [0.2, 0.25) is 5.91 Å². The number of carbonyl (C=O) groups excluding carboxylic acids is 1. The Morgan fingerprint density at radius 1 is 1.47 bits per heavy atom. The maximum Gasteiger partial charge on any atom is 0.223 e. The number of amides is 1. The Hall–Kier alpha value is -0.280. The van der Waals surface area contributed by atoms with Crippen molar-refractivity contribution in [3.05, 3.63) is 0 Å². The lowest BCUT2D eigenvalue weighted by atomic mass is 10.1. The van der Waals surface area contributed by atoms with Crippen molar-refractivity contribution in [1.82, 2.24) is 9.80 Å². The van der Waals surface area contributed by atoms with Gasteiger partial charge >= 0.3 is 0 Å². The van der Waals surface area contributed by atoms with Crippen LogP contribution in [0.15, 0.2) is 0 Å². The lowest BCUT2D eigenvalue weighted by Crippen LogP contribution is -2.36. The Labute approximate surface area is 97.4 Å². The highest BCUT2D eigenvalue weighted by molar-refractivity contribution is 6.18. The van der Waals surface area contributed by atoms with E-state index in [0.29, 0.717) is 18.2 Å². The number of alkyl halides is 1. The predicted octanol–water partition coefficient (Wildman–Crippen LogP) is 1.42. The summed E-state index contributed by atoms with van der Waals surface area (Å²) < 4.78 is 0. The largest absolute Gasteiger partial charge is 0.341 e. The van der Waals surface area contributed by atoms with Gasteiger partial charge in [0.1, 0.15) is 0 Å². The normalized spacial score (nSPS) is 21.7. The molecule has 0 radical (unpaired) electrons. The molecule has 1 aliphatic rings. The summed E-state index contributed by atoms with van der Waals surface area (Å²) in [6, 6.07) is 0. The molecule has 0 saturated carbocycles. The van der Waals surface area contributed by atoms with E-state index in [1.807, 2.05) is 4.90 Å². The molecule has 0 N–H and O–H groups in total. The summed E-state index contributed by atoms with van der Waals surface area (Å²) in [6.45, 7) is 9.09. The SMILES string of the molecule is CCN(CC)CCN1CC(CCl)CC1=O.